The fourth-order valence-corrected chi connectivity index (χ4v) is 1.99. The molecule has 5 nitrogen and oxygen atoms in total. The van der Waals surface area contributed by atoms with Crippen molar-refractivity contribution in [2.24, 2.45) is 5.73 Å². The molecule has 1 atom stereocenters. The predicted molar refractivity (Wildman–Crippen MR) is 65.6 cm³/mol. The van der Waals surface area contributed by atoms with E-state index in [0.717, 1.165) is 12.1 Å². The van der Waals surface area contributed by atoms with Crippen LogP contribution in [-0.2, 0) is 9.84 Å². The minimum Gasteiger partial charge on any atom is -0.348 e. The molecular weight excluding hydrogens is 278 g/mol. The van der Waals surface area contributed by atoms with E-state index in [1.165, 1.54) is 12.1 Å². The molecule has 0 saturated heterocycles. The fraction of sp³-hybridized carbons (Fsp3) is 0.364. The van der Waals surface area contributed by atoms with Gasteiger partial charge in [-0.05, 0) is 31.2 Å². The van der Waals surface area contributed by atoms with Crippen molar-refractivity contribution in [2.75, 3.05) is 6.54 Å². The zero-order valence-corrected chi connectivity index (χ0v) is 11.0. The third kappa shape index (κ3) is 3.71. The van der Waals surface area contributed by atoms with Crippen molar-refractivity contribution in [3.63, 3.8) is 0 Å². The maximum Gasteiger partial charge on any atom is 0.341 e. The second-order valence-corrected chi connectivity index (χ2v) is 5.86. The predicted octanol–water partition coefficient (Wildman–Crippen LogP) is 0.760. The molecule has 1 rings (SSSR count). The topological polar surface area (TPSA) is 89.3 Å². The summed E-state index contributed by atoms with van der Waals surface area (Å²) in [6, 6.07) is 4.06. The first kappa shape index (κ1) is 15.5. The summed E-state index contributed by atoms with van der Waals surface area (Å²) in [7, 11) is -4.63. The maximum absolute atomic E-state index is 12.3. The van der Waals surface area contributed by atoms with Crippen LogP contribution in [0.3, 0.4) is 0 Å². The number of hydrogen-bond acceptors (Lipinski definition) is 4. The quantitative estimate of drug-likeness (QED) is 0.838. The highest BCUT2D eigenvalue weighted by Crippen LogP contribution is 2.18. The third-order valence-corrected chi connectivity index (χ3v) is 3.81. The maximum atomic E-state index is 12.3. The molecule has 0 aliphatic carbocycles. The Hall–Kier alpha value is -1.54. The highest BCUT2D eigenvalue weighted by atomic mass is 32.2. The molecule has 0 aliphatic heterocycles. The standard InChI is InChI=1S/C11H14F2N2O3S/c1-7(6-14)15-10(16)8-2-4-9(5-3-8)19(17,18)11(12)13/h2-5,7,11H,6,14H2,1H3,(H,15,16)/t7-/m0/s1. The molecule has 1 aromatic rings. The second-order valence-electron chi connectivity index (χ2n) is 3.94. The number of hydrogen-bond donors (Lipinski definition) is 2. The van der Waals surface area contributed by atoms with Crippen LogP contribution in [0.4, 0.5) is 8.78 Å². The Morgan fingerprint density at radius 1 is 1.32 bits per heavy atom. The summed E-state index contributed by atoms with van der Waals surface area (Å²) < 4.78 is 46.9. The second kappa shape index (κ2) is 6.07. The number of benzene rings is 1. The van der Waals surface area contributed by atoms with Crippen LogP contribution in [0.5, 0.6) is 0 Å². The van der Waals surface area contributed by atoms with Crippen LogP contribution in [0.25, 0.3) is 0 Å². The molecule has 0 heterocycles. The number of nitrogens with two attached hydrogens (primary N) is 1. The Kier molecular flexibility index (Phi) is 4.96. The van der Waals surface area contributed by atoms with Gasteiger partial charge in [-0.3, -0.25) is 4.79 Å². The molecule has 1 aromatic carbocycles. The van der Waals surface area contributed by atoms with Gasteiger partial charge in [-0.15, -0.1) is 0 Å². The first-order valence-corrected chi connectivity index (χ1v) is 6.96. The lowest BCUT2D eigenvalue weighted by atomic mass is 10.2. The zero-order valence-electron chi connectivity index (χ0n) is 10.1. The lowest BCUT2D eigenvalue weighted by molar-refractivity contribution is 0.0941. The van der Waals surface area contributed by atoms with Crippen molar-refractivity contribution in [3.8, 4) is 0 Å². The van der Waals surface area contributed by atoms with E-state index in [2.05, 4.69) is 5.32 Å². The monoisotopic (exact) mass is 292 g/mol. The molecule has 3 N–H and O–H groups in total. The lowest BCUT2D eigenvalue weighted by Gasteiger charge is -2.11. The van der Waals surface area contributed by atoms with E-state index >= 15 is 0 Å². The Morgan fingerprint density at radius 2 is 1.84 bits per heavy atom. The summed E-state index contributed by atoms with van der Waals surface area (Å²) in [6.45, 7) is 1.96. The number of carbonyl (C=O) groups is 1. The molecule has 0 bridgehead atoms. The summed E-state index contributed by atoms with van der Waals surface area (Å²) in [5.74, 6) is -3.93. The SMILES string of the molecule is C[C@@H](CN)NC(=O)c1ccc(S(=O)(=O)C(F)F)cc1. The molecule has 0 spiro atoms. The van der Waals surface area contributed by atoms with Gasteiger partial charge in [0.05, 0.1) is 4.90 Å². The summed E-state index contributed by atoms with van der Waals surface area (Å²) in [4.78, 5) is 11.1. The summed E-state index contributed by atoms with van der Waals surface area (Å²) >= 11 is 0. The van der Waals surface area contributed by atoms with Crippen LogP contribution < -0.4 is 11.1 Å². The molecule has 0 saturated carbocycles. The lowest BCUT2D eigenvalue weighted by Crippen LogP contribution is -2.37. The van der Waals surface area contributed by atoms with Crippen LogP contribution in [-0.4, -0.2) is 32.7 Å². The van der Waals surface area contributed by atoms with Crippen LogP contribution in [0.15, 0.2) is 29.2 Å². The largest absolute Gasteiger partial charge is 0.348 e. The molecule has 0 aliphatic rings. The van der Waals surface area contributed by atoms with Crippen LogP contribution in [0, 0.1) is 0 Å². The Labute approximate surface area is 109 Å². The van der Waals surface area contributed by atoms with Crippen molar-refractivity contribution in [3.05, 3.63) is 29.8 Å². The first-order chi connectivity index (χ1) is 8.78. The summed E-state index contributed by atoms with van der Waals surface area (Å²) in [6.07, 6.45) is 0. The number of carbonyl (C=O) groups excluding carboxylic acids is 1. The van der Waals surface area contributed by atoms with Gasteiger partial charge in [-0.25, -0.2) is 8.42 Å². The number of halogens is 2. The van der Waals surface area contributed by atoms with E-state index in [1.807, 2.05) is 0 Å². The van der Waals surface area contributed by atoms with Gasteiger partial charge in [0.15, 0.2) is 0 Å². The third-order valence-electron chi connectivity index (χ3n) is 2.41. The number of alkyl halides is 2. The Bertz CT molecular complexity index is 544. The van der Waals surface area contributed by atoms with Gasteiger partial charge in [0.25, 0.3) is 5.91 Å². The highest BCUT2D eigenvalue weighted by molar-refractivity contribution is 7.91. The van der Waals surface area contributed by atoms with E-state index in [1.54, 1.807) is 6.92 Å². The van der Waals surface area contributed by atoms with E-state index < -0.39 is 26.4 Å². The van der Waals surface area contributed by atoms with Crippen molar-refractivity contribution < 1.29 is 22.0 Å². The van der Waals surface area contributed by atoms with Crippen LogP contribution in [0.1, 0.15) is 17.3 Å². The highest BCUT2D eigenvalue weighted by Gasteiger charge is 2.26. The van der Waals surface area contributed by atoms with Gasteiger partial charge in [-0.2, -0.15) is 8.78 Å². The molecule has 8 heteroatoms. The Balaban J connectivity index is 2.91. The molecule has 0 radical (unpaired) electrons. The van der Waals surface area contributed by atoms with E-state index in [-0.39, 0.29) is 18.2 Å². The van der Waals surface area contributed by atoms with E-state index in [0.29, 0.717) is 0 Å². The molecule has 106 valence electrons. The molecule has 0 fully saturated rings. The van der Waals surface area contributed by atoms with E-state index in [4.69, 9.17) is 5.73 Å². The van der Waals surface area contributed by atoms with Gasteiger partial charge >= 0.3 is 5.76 Å². The van der Waals surface area contributed by atoms with Crippen LogP contribution >= 0.6 is 0 Å². The van der Waals surface area contributed by atoms with E-state index in [9.17, 15) is 22.0 Å². The zero-order chi connectivity index (χ0) is 14.6. The average molecular weight is 292 g/mol. The van der Waals surface area contributed by atoms with Crippen LogP contribution in [0.2, 0.25) is 0 Å². The Morgan fingerprint density at radius 3 is 2.26 bits per heavy atom. The first-order valence-electron chi connectivity index (χ1n) is 5.42. The number of rotatable bonds is 5. The van der Waals surface area contributed by atoms with Crippen molar-refractivity contribution in [1.82, 2.24) is 5.32 Å². The van der Waals surface area contributed by atoms with Gasteiger partial charge in [-0.1, -0.05) is 0 Å². The van der Waals surface area contributed by atoms with Crippen molar-refractivity contribution in [2.45, 2.75) is 23.6 Å². The number of amides is 1. The minimum atomic E-state index is -4.63. The van der Waals surface area contributed by atoms with Gasteiger partial charge in [0.1, 0.15) is 0 Å². The molecule has 0 unspecified atom stereocenters. The van der Waals surface area contributed by atoms with Gasteiger partial charge < -0.3 is 11.1 Å². The molecule has 0 aromatic heterocycles. The molecule has 19 heavy (non-hydrogen) atoms. The van der Waals surface area contributed by atoms with Gasteiger partial charge in [0.2, 0.25) is 9.84 Å². The van der Waals surface area contributed by atoms with Crippen molar-refractivity contribution >= 4 is 15.7 Å². The minimum absolute atomic E-state index is 0.175. The fourth-order valence-electron chi connectivity index (χ4n) is 1.26. The van der Waals surface area contributed by atoms with Gasteiger partial charge in [0, 0.05) is 18.2 Å². The number of nitrogens with one attached hydrogen (secondary N) is 1. The number of sulfone groups is 1. The molecular formula is C11H14F2N2O3S. The summed E-state index contributed by atoms with van der Waals surface area (Å²) in [5, 5.41) is 2.57. The smallest absolute Gasteiger partial charge is 0.341 e. The summed E-state index contributed by atoms with van der Waals surface area (Å²) in [5.41, 5.74) is 5.51. The average Bonchev–Trinajstić information content (AvgIpc) is 2.38. The molecule has 1 amide bonds. The normalized spacial score (nSPS) is 13.3. The van der Waals surface area contributed by atoms with Crippen molar-refractivity contribution in [1.29, 1.82) is 0 Å².